The van der Waals surface area contributed by atoms with Crippen LogP contribution in [0, 0.1) is 5.92 Å². The molecule has 0 fully saturated rings. The lowest BCUT2D eigenvalue weighted by Crippen LogP contribution is -2.42. The summed E-state index contributed by atoms with van der Waals surface area (Å²) in [5, 5.41) is 11.4. The normalized spacial score (nSPS) is 16.0. The van der Waals surface area contributed by atoms with Gasteiger partial charge in [0.05, 0.1) is 0 Å². The predicted octanol–water partition coefficient (Wildman–Crippen LogP) is 1.12. The van der Waals surface area contributed by atoms with E-state index >= 15 is 0 Å². The van der Waals surface area contributed by atoms with Crippen molar-refractivity contribution >= 4 is 11.9 Å². The average molecular weight is 244 g/mol. The fourth-order valence-corrected chi connectivity index (χ4v) is 1.53. The van der Waals surface area contributed by atoms with Gasteiger partial charge in [-0.25, -0.2) is 4.79 Å². The minimum absolute atomic E-state index is 0.146. The van der Waals surface area contributed by atoms with Crippen LogP contribution in [0.4, 0.5) is 0 Å². The van der Waals surface area contributed by atoms with Crippen LogP contribution in [0.1, 0.15) is 46.5 Å². The molecular formula is C12H24N2O3. The third-order valence-electron chi connectivity index (χ3n) is 2.77. The van der Waals surface area contributed by atoms with Crippen LogP contribution >= 0.6 is 0 Å². The van der Waals surface area contributed by atoms with E-state index in [1.807, 2.05) is 13.8 Å². The number of carbonyl (C=O) groups excluding carboxylic acids is 1. The highest BCUT2D eigenvalue weighted by Crippen LogP contribution is 2.09. The summed E-state index contributed by atoms with van der Waals surface area (Å²) in [6.45, 7) is 5.48. The van der Waals surface area contributed by atoms with Gasteiger partial charge < -0.3 is 16.2 Å². The van der Waals surface area contributed by atoms with Crippen LogP contribution < -0.4 is 11.1 Å². The van der Waals surface area contributed by atoms with Gasteiger partial charge in [0.1, 0.15) is 6.04 Å². The number of nitrogens with two attached hydrogens (primary N) is 1. The topological polar surface area (TPSA) is 92.4 Å². The van der Waals surface area contributed by atoms with E-state index in [9.17, 15) is 9.59 Å². The molecule has 0 heterocycles. The first-order valence-corrected chi connectivity index (χ1v) is 6.17. The van der Waals surface area contributed by atoms with E-state index in [-0.39, 0.29) is 17.9 Å². The summed E-state index contributed by atoms with van der Waals surface area (Å²) in [4.78, 5) is 22.4. The Morgan fingerprint density at radius 1 is 1.29 bits per heavy atom. The number of hydrogen-bond acceptors (Lipinski definition) is 3. The second-order valence-electron chi connectivity index (χ2n) is 4.62. The molecule has 3 atom stereocenters. The van der Waals surface area contributed by atoms with Gasteiger partial charge in [0, 0.05) is 12.0 Å². The number of nitrogens with one attached hydrogen (secondary N) is 1. The molecule has 100 valence electrons. The van der Waals surface area contributed by atoms with Crippen molar-refractivity contribution < 1.29 is 14.7 Å². The largest absolute Gasteiger partial charge is 0.480 e. The Morgan fingerprint density at radius 2 is 1.88 bits per heavy atom. The first kappa shape index (κ1) is 15.9. The molecule has 0 aromatic rings. The molecule has 5 nitrogen and oxygen atoms in total. The second kappa shape index (κ2) is 8.06. The van der Waals surface area contributed by atoms with Gasteiger partial charge in [-0.2, -0.15) is 0 Å². The molecule has 4 N–H and O–H groups in total. The Balaban J connectivity index is 4.00. The van der Waals surface area contributed by atoms with Crippen LogP contribution in [0.3, 0.4) is 0 Å². The summed E-state index contributed by atoms with van der Waals surface area (Å²) in [7, 11) is 0. The summed E-state index contributed by atoms with van der Waals surface area (Å²) in [5.41, 5.74) is 5.62. The van der Waals surface area contributed by atoms with E-state index in [0.717, 1.165) is 19.3 Å². The third-order valence-corrected chi connectivity index (χ3v) is 2.77. The minimum atomic E-state index is -0.983. The van der Waals surface area contributed by atoms with Gasteiger partial charge in [-0.15, -0.1) is 0 Å². The molecule has 2 unspecified atom stereocenters. The van der Waals surface area contributed by atoms with Gasteiger partial charge >= 0.3 is 5.97 Å². The van der Waals surface area contributed by atoms with E-state index in [4.69, 9.17) is 10.8 Å². The van der Waals surface area contributed by atoms with Crippen molar-refractivity contribution in [3.8, 4) is 0 Å². The standard InChI is InChI=1S/C12H24N2O3/c1-4-10(12(16)17)14-11(15)8(2)6-5-7-9(3)13/h8-10H,4-7,13H2,1-3H3,(H,14,15)(H,16,17)/t8?,9?,10-/m0/s1. The van der Waals surface area contributed by atoms with Gasteiger partial charge in [-0.05, 0) is 26.2 Å². The SMILES string of the molecule is CC[C@H](NC(=O)C(C)CCCC(C)N)C(=O)O. The molecule has 1 amide bonds. The van der Waals surface area contributed by atoms with Gasteiger partial charge in [0.15, 0.2) is 0 Å². The Kier molecular flexibility index (Phi) is 7.54. The quantitative estimate of drug-likeness (QED) is 0.596. The maximum Gasteiger partial charge on any atom is 0.326 e. The molecule has 17 heavy (non-hydrogen) atoms. The zero-order valence-electron chi connectivity index (χ0n) is 10.9. The van der Waals surface area contributed by atoms with Gasteiger partial charge in [-0.1, -0.05) is 20.3 Å². The summed E-state index contributed by atoms with van der Waals surface area (Å²) in [6, 6.07) is -0.633. The lowest BCUT2D eigenvalue weighted by molar-refractivity contribution is -0.142. The van der Waals surface area contributed by atoms with Crippen LogP contribution in [0.5, 0.6) is 0 Å². The minimum Gasteiger partial charge on any atom is -0.480 e. The smallest absolute Gasteiger partial charge is 0.326 e. The van der Waals surface area contributed by atoms with Crippen molar-refractivity contribution in [2.24, 2.45) is 11.7 Å². The lowest BCUT2D eigenvalue weighted by Gasteiger charge is -2.16. The Bertz CT molecular complexity index is 254. The van der Waals surface area contributed by atoms with Crippen LogP contribution in [0.25, 0.3) is 0 Å². The molecule has 0 spiro atoms. The molecule has 0 bridgehead atoms. The zero-order chi connectivity index (χ0) is 13.4. The molecule has 0 aliphatic carbocycles. The Hall–Kier alpha value is -1.10. The van der Waals surface area contributed by atoms with Gasteiger partial charge in [0.25, 0.3) is 0 Å². The molecule has 0 saturated carbocycles. The van der Waals surface area contributed by atoms with Crippen LogP contribution in [-0.4, -0.2) is 29.1 Å². The fraction of sp³-hybridized carbons (Fsp3) is 0.833. The molecule has 0 aromatic heterocycles. The monoisotopic (exact) mass is 244 g/mol. The lowest BCUT2D eigenvalue weighted by atomic mass is 10.0. The molecule has 0 aromatic carbocycles. The second-order valence-corrected chi connectivity index (χ2v) is 4.62. The molecule has 5 heteroatoms. The Morgan fingerprint density at radius 3 is 2.29 bits per heavy atom. The molecule has 0 saturated heterocycles. The van der Waals surface area contributed by atoms with Crippen molar-refractivity contribution in [3.05, 3.63) is 0 Å². The number of hydrogen-bond donors (Lipinski definition) is 3. The van der Waals surface area contributed by atoms with Crippen molar-refractivity contribution in [1.82, 2.24) is 5.32 Å². The summed E-state index contributed by atoms with van der Waals surface area (Å²) in [5.74, 6) is -1.34. The van der Waals surface area contributed by atoms with Crippen LogP contribution in [-0.2, 0) is 9.59 Å². The zero-order valence-corrected chi connectivity index (χ0v) is 10.9. The summed E-state index contributed by atoms with van der Waals surface area (Å²) >= 11 is 0. The molecular weight excluding hydrogens is 220 g/mol. The first-order valence-electron chi connectivity index (χ1n) is 6.17. The van der Waals surface area contributed by atoms with E-state index < -0.39 is 12.0 Å². The van der Waals surface area contributed by atoms with Gasteiger partial charge in [0.2, 0.25) is 5.91 Å². The number of rotatable bonds is 8. The van der Waals surface area contributed by atoms with Crippen molar-refractivity contribution in [2.45, 2.75) is 58.5 Å². The fourth-order valence-electron chi connectivity index (χ4n) is 1.53. The summed E-state index contributed by atoms with van der Waals surface area (Å²) < 4.78 is 0. The number of carboxylic acid groups (broad SMARTS) is 1. The highest BCUT2D eigenvalue weighted by atomic mass is 16.4. The number of amides is 1. The summed E-state index contributed by atoms with van der Waals surface area (Å²) in [6.07, 6.45) is 2.90. The van der Waals surface area contributed by atoms with Crippen molar-refractivity contribution in [1.29, 1.82) is 0 Å². The molecule has 0 aliphatic rings. The van der Waals surface area contributed by atoms with Crippen LogP contribution in [0.15, 0.2) is 0 Å². The van der Waals surface area contributed by atoms with E-state index in [1.165, 1.54) is 0 Å². The first-order chi connectivity index (χ1) is 7.88. The highest BCUT2D eigenvalue weighted by Gasteiger charge is 2.20. The van der Waals surface area contributed by atoms with E-state index in [0.29, 0.717) is 6.42 Å². The maximum absolute atomic E-state index is 11.7. The van der Waals surface area contributed by atoms with E-state index in [1.54, 1.807) is 6.92 Å². The van der Waals surface area contributed by atoms with Crippen LogP contribution in [0.2, 0.25) is 0 Å². The van der Waals surface area contributed by atoms with E-state index in [2.05, 4.69) is 5.32 Å². The number of carboxylic acids is 1. The maximum atomic E-state index is 11.7. The Labute approximate surface area is 103 Å². The highest BCUT2D eigenvalue weighted by molar-refractivity contribution is 5.84. The number of carbonyl (C=O) groups is 2. The average Bonchev–Trinajstić information content (AvgIpc) is 2.24. The van der Waals surface area contributed by atoms with Crippen molar-refractivity contribution in [3.63, 3.8) is 0 Å². The molecule has 0 radical (unpaired) electrons. The molecule has 0 rings (SSSR count). The van der Waals surface area contributed by atoms with Crippen molar-refractivity contribution in [2.75, 3.05) is 0 Å². The predicted molar refractivity (Wildman–Crippen MR) is 66.5 cm³/mol. The van der Waals surface area contributed by atoms with Gasteiger partial charge in [-0.3, -0.25) is 4.79 Å². The molecule has 0 aliphatic heterocycles. The third kappa shape index (κ3) is 6.94. The number of aliphatic carboxylic acids is 1.